The van der Waals surface area contributed by atoms with Crippen molar-refractivity contribution in [1.82, 2.24) is 10.2 Å². The van der Waals surface area contributed by atoms with Crippen LogP contribution in [0.5, 0.6) is 5.75 Å². The second-order valence-corrected chi connectivity index (χ2v) is 4.92. The number of rotatable bonds is 6. The summed E-state index contributed by atoms with van der Waals surface area (Å²) in [6, 6.07) is 8.15. The average Bonchev–Trinajstić information content (AvgIpc) is 2.86. The summed E-state index contributed by atoms with van der Waals surface area (Å²) in [6.45, 7) is 5.43. The van der Waals surface area contributed by atoms with Gasteiger partial charge < -0.3 is 10.5 Å². The van der Waals surface area contributed by atoms with Gasteiger partial charge in [0, 0.05) is 18.7 Å². The van der Waals surface area contributed by atoms with E-state index in [1.807, 2.05) is 18.3 Å². The molecule has 0 spiro atoms. The lowest BCUT2D eigenvalue weighted by molar-refractivity contribution is 0.328. The Bertz CT molecular complexity index is 502. The molecule has 2 rings (SSSR count). The summed E-state index contributed by atoms with van der Waals surface area (Å²) in [5.74, 6) is 1.33. The van der Waals surface area contributed by atoms with Gasteiger partial charge in [0.05, 0.1) is 6.20 Å². The van der Waals surface area contributed by atoms with Crippen molar-refractivity contribution in [3.05, 3.63) is 47.3 Å². The number of hydrogen-bond acceptors (Lipinski definition) is 3. The number of benzene rings is 1. The zero-order valence-corrected chi connectivity index (χ0v) is 11.5. The van der Waals surface area contributed by atoms with Gasteiger partial charge in [-0.25, -0.2) is 0 Å². The number of ether oxygens (including phenoxy) is 1. The van der Waals surface area contributed by atoms with Crippen molar-refractivity contribution in [1.29, 1.82) is 0 Å². The number of aromatic amines is 1. The molecule has 0 aliphatic carbocycles. The maximum Gasteiger partial charge on any atom is 0.119 e. The third-order valence-electron chi connectivity index (χ3n) is 3.03. The van der Waals surface area contributed by atoms with E-state index in [1.54, 1.807) is 0 Å². The Kier molecular flexibility index (Phi) is 4.58. The molecule has 0 fully saturated rings. The molecule has 0 bridgehead atoms. The average molecular weight is 259 g/mol. The van der Waals surface area contributed by atoms with E-state index in [0.717, 1.165) is 12.2 Å². The molecule has 3 N–H and O–H groups in total. The zero-order chi connectivity index (χ0) is 13.7. The number of aromatic nitrogens is 2. The van der Waals surface area contributed by atoms with E-state index < -0.39 is 0 Å². The van der Waals surface area contributed by atoms with Gasteiger partial charge in [0.1, 0.15) is 12.4 Å². The van der Waals surface area contributed by atoms with Crippen molar-refractivity contribution in [3.63, 3.8) is 0 Å². The first-order chi connectivity index (χ1) is 9.20. The highest BCUT2D eigenvalue weighted by Gasteiger charge is 2.09. The molecule has 1 aromatic heterocycles. The smallest absolute Gasteiger partial charge is 0.119 e. The van der Waals surface area contributed by atoms with Crippen molar-refractivity contribution < 1.29 is 4.74 Å². The first-order valence-corrected chi connectivity index (χ1v) is 6.64. The van der Waals surface area contributed by atoms with Gasteiger partial charge in [-0.3, -0.25) is 5.10 Å². The fourth-order valence-electron chi connectivity index (χ4n) is 2.06. The summed E-state index contributed by atoms with van der Waals surface area (Å²) in [5, 5.41) is 7.21. The van der Waals surface area contributed by atoms with Gasteiger partial charge in [0.2, 0.25) is 0 Å². The van der Waals surface area contributed by atoms with Crippen LogP contribution in [0.1, 0.15) is 36.6 Å². The predicted octanol–water partition coefficient (Wildman–Crippen LogP) is 2.46. The van der Waals surface area contributed by atoms with Gasteiger partial charge in [-0.2, -0.15) is 5.10 Å². The van der Waals surface area contributed by atoms with E-state index in [1.165, 1.54) is 16.8 Å². The Balaban J connectivity index is 2.04. The molecule has 4 heteroatoms. The molecule has 0 saturated heterocycles. The highest BCUT2D eigenvalue weighted by molar-refractivity contribution is 5.32. The SMILES string of the molecule is CC(C)c1[nH]ncc1Cc1ccc(OCCN)cc1. The normalized spacial score (nSPS) is 10.9. The quantitative estimate of drug-likeness (QED) is 0.837. The third-order valence-corrected chi connectivity index (χ3v) is 3.03. The fourth-order valence-corrected chi connectivity index (χ4v) is 2.06. The minimum atomic E-state index is 0.463. The second kappa shape index (κ2) is 6.38. The molecular weight excluding hydrogens is 238 g/mol. The Morgan fingerprint density at radius 2 is 2.00 bits per heavy atom. The van der Waals surface area contributed by atoms with Crippen molar-refractivity contribution >= 4 is 0 Å². The minimum Gasteiger partial charge on any atom is -0.492 e. The molecule has 2 aromatic rings. The van der Waals surface area contributed by atoms with Crippen LogP contribution in [0.25, 0.3) is 0 Å². The molecular formula is C15H21N3O. The van der Waals surface area contributed by atoms with Gasteiger partial charge >= 0.3 is 0 Å². The van der Waals surface area contributed by atoms with Crippen LogP contribution in [-0.4, -0.2) is 23.3 Å². The van der Waals surface area contributed by atoms with Crippen LogP contribution in [0.15, 0.2) is 30.5 Å². The molecule has 0 unspecified atom stereocenters. The molecule has 1 heterocycles. The maximum absolute atomic E-state index is 5.46. The highest BCUT2D eigenvalue weighted by atomic mass is 16.5. The first kappa shape index (κ1) is 13.6. The first-order valence-electron chi connectivity index (χ1n) is 6.64. The van der Waals surface area contributed by atoms with Crippen molar-refractivity contribution in [2.75, 3.05) is 13.2 Å². The summed E-state index contributed by atoms with van der Waals surface area (Å²) in [7, 11) is 0. The van der Waals surface area contributed by atoms with Crippen LogP contribution >= 0.6 is 0 Å². The minimum absolute atomic E-state index is 0.463. The van der Waals surface area contributed by atoms with E-state index in [9.17, 15) is 0 Å². The van der Waals surface area contributed by atoms with Crippen LogP contribution in [0.3, 0.4) is 0 Å². The molecule has 0 aliphatic rings. The van der Waals surface area contributed by atoms with Gasteiger partial charge in [-0.05, 0) is 29.2 Å². The summed E-state index contributed by atoms with van der Waals surface area (Å²) in [4.78, 5) is 0. The zero-order valence-electron chi connectivity index (χ0n) is 11.5. The largest absolute Gasteiger partial charge is 0.492 e. The molecule has 0 aliphatic heterocycles. The van der Waals surface area contributed by atoms with Crippen molar-refractivity contribution in [2.24, 2.45) is 5.73 Å². The van der Waals surface area contributed by atoms with Crippen molar-refractivity contribution in [2.45, 2.75) is 26.2 Å². The number of nitrogens with one attached hydrogen (secondary N) is 1. The van der Waals surface area contributed by atoms with Crippen LogP contribution in [0.2, 0.25) is 0 Å². The maximum atomic E-state index is 5.46. The lowest BCUT2D eigenvalue weighted by atomic mass is 10.0. The molecule has 0 saturated carbocycles. The molecule has 0 amide bonds. The predicted molar refractivity (Wildman–Crippen MR) is 76.5 cm³/mol. The standard InChI is InChI=1S/C15H21N3O/c1-11(2)15-13(10-17-18-15)9-12-3-5-14(6-4-12)19-8-7-16/h3-6,10-11H,7-9,16H2,1-2H3,(H,17,18). The van der Waals surface area contributed by atoms with Crippen LogP contribution in [0, 0.1) is 0 Å². The van der Waals surface area contributed by atoms with E-state index in [2.05, 4.69) is 36.2 Å². The van der Waals surface area contributed by atoms with Gasteiger partial charge in [0.25, 0.3) is 0 Å². The van der Waals surface area contributed by atoms with E-state index in [-0.39, 0.29) is 0 Å². The summed E-state index contributed by atoms with van der Waals surface area (Å²) >= 11 is 0. The molecule has 4 nitrogen and oxygen atoms in total. The van der Waals surface area contributed by atoms with Crippen molar-refractivity contribution in [3.8, 4) is 5.75 Å². The number of H-pyrrole nitrogens is 1. The Morgan fingerprint density at radius 3 is 2.63 bits per heavy atom. The van der Waals surface area contributed by atoms with E-state index in [0.29, 0.717) is 19.1 Å². The van der Waals surface area contributed by atoms with E-state index >= 15 is 0 Å². The summed E-state index contributed by atoms with van der Waals surface area (Å²) < 4.78 is 5.46. The second-order valence-electron chi connectivity index (χ2n) is 4.92. The lowest BCUT2D eigenvalue weighted by Gasteiger charge is -2.08. The summed E-state index contributed by atoms with van der Waals surface area (Å²) in [5.41, 5.74) is 9.13. The van der Waals surface area contributed by atoms with Crippen LogP contribution < -0.4 is 10.5 Å². The van der Waals surface area contributed by atoms with Gasteiger partial charge in [-0.15, -0.1) is 0 Å². The Labute approximate surface area is 114 Å². The number of nitrogens with zero attached hydrogens (tertiary/aromatic N) is 1. The topological polar surface area (TPSA) is 63.9 Å². The summed E-state index contributed by atoms with van der Waals surface area (Å²) in [6.07, 6.45) is 2.80. The molecule has 1 aromatic carbocycles. The van der Waals surface area contributed by atoms with Crippen LogP contribution in [0.4, 0.5) is 0 Å². The molecule has 102 valence electrons. The highest BCUT2D eigenvalue weighted by Crippen LogP contribution is 2.20. The van der Waals surface area contributed by atoms with Gasteiger partial charge in [-0.1, -0.05) is 26.0 Å². The molecule has 19 heavy (non-hydrogen) atoms. The third kappa shape index (κ3) is 3.58. The lowest BCUT2D eigenvalue weighted by Crippen LogP contribution is -2.10. The Morgan fingerprint density at radius 1 is 1.26 bits per heavy atom. The number of nitrogens with two attached hydrogens (primary N) is 1. The van der Waals surface area contributed by atoms with Crippen LogP contribution in [-0.2, 0) is 6.42 Å². The van der Waals surface area contributed by atoms with Gasteiger partial charge in [0.15, 0.2) is 0 Å². The fraction of sp³-hybridized carbons (Fsp3) is 0.400. The Hall–Kier alpha value is -1.81. The molecule has 0 atom stereocenters. The number of hydrogen-bond donors (Lipinski definition) is 2. The monoisotopic (exact) mass is 259 g/mol. The molecule has 0 radical (unpaired) electrons. The van der Waals surface area contributed by atoms with E-state index in [4.69, 9.17) is 10.5 Å².